The average molecular weight is 341 g/mol. The molecule has 1 aliphatic heterocycles. The van der Waals surface area contributed by atoms with Crippen molar-refractivity contribution in [2.45, 2.75) is 19.8 Å². The SMILES string of the molecule is Cc1cc([N+](=O)[O-])ccc1C(=O)N1CCC[C@H](CS(N)(=O)=O)C1. The highest BCUT2D eigenvalue weighted by atomic mass is 32.2. The van der Waals surface area contributed by atoms with E-state index < -0.39 is 14.9 Å². The molecule has 0 radical (unpaired) electrons. The molecule has 0 unspecified atom stereocenters. The summed E-state index contributed by atoms with van der Waals surface area (Å²) in [5, 5.41) is 15.8. The van der Waals surface area contributed by atoms with E-state index in [0.717, 1.165) is 0 Å². The van der Waals surface area contributed by atoms with Crippen LogP contribution in [-0.2, 0) is 10.0 Å². The number of nitrogens with two attached hydrogens (primary N) is 1. The van der Waals surface area contributed by atoms with Crippen molar-refractivity contribution in [3.63, 3.8) is 0 Å². The Morgan fingerprint density at radius 3 is 2.74 bits per heavy atom. The van der Waals surface area contributed by atoms with E-state index in [-0.39, 0.29) is 23.3 Å². The van der Waals surface area contributed by atoms with Crippen LogP contribution in [0.15, 0.2) is 18.2 Å². The van der Waals surface area contributed by atoms with Crippen LogP contribution in [0.1, 0.15) is 28.8 Å². The van der Waals surface area contributed by atoms with Gasteiger partial charge in [0.2, 0.25) is 10.0 Å². The fourth-order valence-corrected chi connectivity index (χ4v) is 3.81. The molecule has 1 saturated heterocycles. The maximum Gasteiger partial charge on any atom is 0.269 e. The van der Waals surface area contributed by atoms with Gasteiger partial charge in [0, 0.05) is 30.8 Å². The van der Waals surface area contributed by atoms with Crippen LogP contribution in [0.4, 0.5) is 5.69 Å². The first-order valence-electron chi connectivity index (χ1n) is 7.22. The number of hydrogen-bond donors (Lipinski definition) is 1. The number of nitro benzene ring substituents is 1. The Labute approximate surface area is 134 Å². The summed E-state index contributed by atoms with van der Waals surface area (Å²) in [5.74, 6) is -0.562. The van der Waals surface area contributed by atoms with E-state index in [1.165, 1.54) is 18.2 Å². The van der Waals surface area contributed by atoms with E-state index in [1.807, 2.05) is 0 Å². The summed E-state index contributed by atoms with van der Waals surface area (Å²) in [5.41, 5.74) is 0.856. The number of likely N-dealkylation sites (tertiary alicyclic amines) is 1. The number of non-ortho nitro benzene ring substituents is 1. The number of carbonyl (C=O) groups excluding carboxylic acids is 1. The largest absolute Gasteiger partial charge is 0.338 e. The molecule has 0 bridgehead atoms. The van der Waals surface area contributed by atoms with Crippen LogP contribution in [0.5, 0.6) is 0 Å². The van der Waals surface area contributed by atoms with Crippen LogP contribution < -0.4 is 5.14 Å². The number of rotatable bonds is 4. The van der Waals surface area contributed by atoms with Gasteiger partial charge in [0.15, 0.2) is 0 Å². The van der Waals surface area contributed by atoms with E-state index in [2.05, 4.69) is 0 Å². The molecule has 1 aliphatic rings. The number of sulfonamides is 1. The number of primary sulfonamides is 1. The fraction of sp³-hybridized carbons (Fsp3) is 0.500. The van der Waals surface area contributed by atoms with Crippen LogP contribution in [0.3, 0.4) is 0 Å². The Hall–Kier alpha value is -2.00. The van der Waals surface area contributed by atoms with E-state index in [1.54, 1.807) is 11.8 Å². The van der Waals surface area contributed by atoms with Gasteiger partial charge in [0.25, 0.3) is 11.6 Å². The molecular weight excluding hydrogens is 322 g/mol. The number of carbonyl (C=O) groups is 1. The third-order valence-corrected chi connectivity index (χ3v) is 4.86. The minimum Gasteiger partial charge on any atom is -0.338 e. The zero-order valence-electron chi connectivity index (χ0n) is 12.8. The van der Waals surface area contributed by atoms with Crippen molar-refractivity contribution in [2.75, 3.05) is 18.8 Å². The quantitative estimate of drug-likeness (QED) is 0.647. The monoisotopic (exact) mass is 341 g/mol. The Kier molecular flexibility index (Phi) is 5.00. The van der Waals surface area contributed by atoms with E-state index in [4.69, 9.17) is 5.14 Å². The predicted molar refractivity (Wildman–Crippen MR) is 84.4 cm³/mol. The molecule has 0 spiro atoms. The fourth-order valence-electron chi connectivity index (χ4n) is 2.89. The maximum absolute atomic E-state index is 12.6. The normalized spacial score (nSPS) is 18.7. The van der Waals surface area contributed by atoms with Crippen LogP contribution in [0, 0.1) is 23.0 Å². The van der Waals surface area contributed by atoms with Gasteiger partial charge in [-0.2, -0.15) is 0 Å². The predicted octanol–water partition coefficient (Wildman–Crippen LogP) is 1.04. The lowest BCUT2D eigenvalue weighted by atomic mass is 9.98. The van der Waals surface area contributed by atoms with Gasteiger partial charge < -0.3 is 4.90 Å². The lowest BCUT2D eigenvalue weighted by molar-refractivity contribution is -0.384. The molecule has 126 valence electrons. The van der Waals surface area contributed by atoms with Gasteiger partial charge in [-0.25, -0.2) is 13.6 Å². The van der Waals surface area contributed by atoms with Crippen LogP contribution in [0.2, 0.25) is 0 Å². The second-order valence-electron chi connectivity index (χ2n) is 5.85. The molecule has 1 aromatic rings. The second kappa shape index (κ2) is 6.63. The van der Waals surface area contributed by atoms with Gasteiger partial charge >= 0.3 is 0 Å². The first kappa shape index (κ1) is 17.4. The van der Waals surface area contributed by atoms with Gasteiger partial charge in [0.1, 0.15) is 0 Å². The third kappa shape index (κ3) is 4.49. The van der Waals surface area contributed by atoms with Crippen molar-refractivity contribution in [3.8, 4) is 0 Å². The summed E-state index contributed by atoms with van der Waals surface area (Å²) in [4.78, 5) is 24.4. The van der Waals surface area contributed by atoms with Crippen molar-refractivity contribution in [1.29, 1.82) is 0 Å². The van der Waals surface area contributed by atoms with Crippen LogP contribution >= 0.6 is 0 Å². The highest BCUT2D eigenvalue weighted by molar-refractivity contribution is 7.89. The number of nitro groups is 1. The Morgan fingerprint density at radius 2 is 2.17 bits per heavy atom. The van der Waals surface area contributed by atoms with Gasteiger partial charge in [-0.05, 0) is 37.3 Å². The molecule has 9 heteroatoms. The van der Waals surface area contributed by atoms with Crippen LogP contribution in [0.25, 0.3) is 0 Å². The molecule has 23 heavy (non-hydrogen) atoms. The van der Waals surface area contributed by atoms with E-state index in [0.29, 0.717) is 37.1 Å². The minimum absolute atomic E-state index is 0.0650. The highest BCUT2D eigenvalue weighted by Gasteiger charge is 2.27. The Bertz CT molecular complexity index is 732. The number of piperidine rings is 1. The van der Waals surface area contributed by atoms with Gasteiger partial charge in [-0.1, -0.05) is 0 Å². The zero-order valence-corrected chi connectivity index (χ0v) is 13.6. The number of amides is 1. The molecule has 2 rings (SSSR count). The summed E-state index contributed by atoms with van der Waals surface area (Å²) in [7, 11) is -3.57. The topological polar surface area (TPSA) is 124 Å². The van der Waals surface area contributed by atoms with Gasteiger partial charge in [-0.3, -0.25) is 14.9 Å². The lowest BCUT2D eigenvalue weighted by Gasteiger charge is -2.32. The molecule has 0 aromatic heterocycles. The van der Waals surface area contributed by atoms with Crippen molar-refractivity contribution < 1.29 is 18.1 Å². The van der Waals surface area contributed by atoms with Crippen molar-refractivity contribution in [2.24, 2.45) is 11.1 Å². The lowest BCUT2D eigenvalue weighted by Crippen LogP contribution is -2.42. The van der Waals surface area contributed by atoms with E-state index >= 15 is 0 Å². The number of benzene rings is 1. The summed E-state index contributed by atoms with van der Waals surface area (Å²) < 4.78 is 22.4. The Balaban J connectivity index is 2.15. The molecule has 1 amide bonds. The van der Waals surface area contributed by atoms with Gasteiger partial charge in [0.05, 0.1) is 10.7 Å². The molecule has 8 nitrogen and oxygen atoms in total. The van der Waals surface area contributed by atoms with Crippen LogP contribution in [-0.4, -0.2) is 43.0 Å². The summed E-state index contributed by atoms with van der Waals surface area (Å²) in [6.45, 7) is 2.51. The molecule has 2 N–H and O–H groups in total. The van der Waals surface area contributed by atoms with Gasteiger partial charge in [-0.15, -0.1) is 0 Å². The molecule has 0 saturated carbocycles. The summed E-state index contributed by atoms with van der Waals surface area (Å²) >= 11 is 0. The average Bonchev–Trinajstić information content (AvgIpc) is 2.44. The number of nitrogens with zero attached hydrogens (tertiary/aromatic N) is 2. The summed E-state index contributed by atoms with van der Waals surface area (Å²) in [6.07, 6.45) is 1.41. The molecule has 0 aliphatic carbocycles. The van der Waals surface area contributed by atoms with Crippen molar-refractivity contribution >= 4 is 21.6 Å². The number of aryl methyl sites for hydroxylation is 1. The standard InChI is InChI=1S/C14H19N3O5S/c1-10-7-12(17(19)20)4-5-13(10)14(18)16-6-2-3-11(8-16)9-23(15,21)22/h4-5,7,11H,2-3,6,8-9H2,1H3,(H2,15,21,22)/t11-/m0/s1. The zero-order chi connectivity index (χ0) is 17.2. The first-order valence-corrected chi connectivity index (χ1v) is 8.93. The molecular formula is C14H19N3O5S. The smallest absolute Gasteiger partial charge is 0.269 e. The number of hydrogen-bond acceptors (Lipinski definition) is 5. The van der Waals surface area contributed by atoms with E-state index in [9.17, 15) is 23.3 Å². The maximum atomic E-state index is 12.6. The van der Waals surface area contributed by atoms with Crippen molar-refractivity contribution in [3.05, 3.63) is 39.4 Å². The molecule has 1 atom stereocenters. The molecule has 1 aromatic carbocycles. The molecule has 1 heterocycles. The summed E-state index contributed by atoms with van der Waals surface area (Å²) in [6, 6.07) is 4.10. The minimum atomic E-state index is -3.57. The first-order chi connectivity index (χ1) is 10.7. The molecule has 1 fully saturated rings. The second-order valence-corrected chi connectivity index (χ2v) is 7.50. The Morgan fingerprint density at radius 1 is 1.48 bits per heavy atom. The van der Waals surface area contributed by atoms with Crippen molar-refractivity contribution in [1.82, 2.24) is 4.90 Å². The highest BCUT2D eigenvalue weighted by Crippen LogP contribution is 2.23. The third-order valence-electron chi connectivity index (χ3n) is 3.93.